The lowest BCUT2D eigenvalue weighted by atomic mass is 10.1. The summed E-state index contributed by atoms with van der Waals surface area (Å²) in [7, 11) is 0. The molecule has 5 aromatic rings. The molecular weight excluding hydrogens is 350 g/mol. The predicted octanol–water partition coefficient (Wildman–Crippen LogP) is 4.65. The summed E-state index contributed by atoms with van der Waals surface area (Å²) < 4.78 is 7.64. The monoisotopic (exact) mass is 365 g/mol. The van der Waals surface area contributed by atoms with Crippen LogP contribution in [0.3, 0.4) is 0 Å². The minimum atomic E-state index is 0.441. The fourth-order valence-electron chi connectivity index (χ4n) is 2.98. The molecule has 6 heteroatoms. The zero-order valence-corrected chi connectivity index (χ0v) is 14.8. The van der Waals surface area contributed by atoms with Gasteiger partial charge in [-0.2, -0.15) is 4.52 Å². The highest BCUT2D eigenvalue weighted by molar-refractivity contribution is 5.64. The van der Waals surface area contributed by atoms with Gasteiger partial charge in [0, 0.05) is 23.4 Å². The summed E-state index contributed by atoms with van der Waals surface area (Å²) in [5.74, 6) is 1.72. The molecule has 0 N–H and O–H groups in total. The Balaban J connectivity index is 1.49. The fourth-order valence-corrected chi connectivity index (χ4v) is 2.98. The first-order chi connectivity index (χ1) is 13.9. The highest BCUT2D eigenvalue weighted by Crippen LogP contribution is 2.26. The third kappa shape index (κ3) is 3.07. The molecule has 0 bridgehead atoms. The van der Waals surface area contributed by atoms with Gasteiger partial charge in [-0.15, -0.1) is 15.3 Å². The van der Waals surface area contributed by atoms with Crippen LogP contribution in [0, 0.1) is 0 Å². The summed E-state index contributed by atoms with van der Waals surface area (Å²) in [6.45, 7) is 0. The van der Waals surface area contributed by atoms with Gasteiger partial charge in [-0.25, -0.2) is 0 Å². The van der Waals surface area contributed by atoms with Gasteiger partial charge in [0.1, 0.15) is 5.75 Å². The predicted molar refractivity (Wildman–Crippen MR) is 106 cm³/mol. The number of benzene rings is 2. The zero-order chi connectivity index (χ0) is 18.8. The third-order valence-electron chi connectivity index (χ3n) is 4.31. The van der Waals surface area contributed by atoms with E-state index < -0.39 is 0 Å². The molecule has 3 heterocycles. The maximum absolute atomic E-state index is 5.96. The van der Waals surface area contributed by atoms with Gasteiger partial charge < -0.3 is 4.74 Å². The fraction of sp³-hybridized carbons (Fsp3) is 0. The first-order valence-corrected chi connectivity index (χ1v) is 8.83. The van der Waals surface area contributed by atoms with Crippen LogP contribution in [0.4, 0.5) is 0 Å². The van der Waals surface area contributed by atoms with Crippen LogP contribution in [0.2, 0.25) is 0 Å². The average Bonchev–Trinajstić information content (AvgIpc) is 3.18. The lowest BCUT2D eigenvalue weighted by Crippen LogP contribution is -1.98. The maximum Gasteiger partial charge on any atom is 0.237 e. The second-order valence-electron chi connectivity index (χ2n) is 6.21. The second kappa shape index (κ2) is 6.92. The number of hydrogen-bond acceptors (Lipinski definition) is 5. The highest BCUT2D eigenvalue weighted by atomic mass is 16.5. The molecule has 0 aliphatic heterocycles. The molecule has 0 saturated heterocycles. The Kier molecular flexibility index (Phi) is 3.99. The first-order valence-electron chi connectivity index (χ1n) is 8.83. The molecule has 0 aliphatic carbocycles. The third-order valence-corrected chi connectivity index (χ3v) is 4.31. The van der Waals surface area contributed by atoms with E-state index in [2.05, 4.69) is 20.3 Å². The van der Waals surface area contributed by atoms with Crippen molar-refractivity contribution in [3.8, 4) is 34.1 Å². The smallest absolute Gasteiger partial charge is 0.237 e. The van der Waals surface area contributed by atoms with Gasteiger partial charge in [-0.05, 0) is 17.7 Å². The molecular formula is C22H15N5O. The number of nitrogens with zero attached hydrogens (tertiary/aromatic N) is 5. The summed E-state index contributed by atoms with van der Waals surface area (Å²) in [4.78, 5) is 4.29. The van der Waals surface area contributed by atoms with Gasteiger partial charge in [0.05, 0.1) is 6.20 Å². The minimum absolute atomic E-state index is 0.441. The number of aromatic nitrogens is 5. The minimum Gasteiger partial charge on any atom is -0.436 e. The lowest BCUT2D eigenvalue weighted by Gasteiger charge is -2.07. The Morgan fingerprint density at radius 1 is 0.679 bits per heavy atom. The molecule has 0 spiro atoms. The van der Waals surface area contributed by atoms with E-state index in [1.54, 1.807) is 16.8 Å². The Bertz CT molecular complexity index is 1240. The van der Waals surface area contributed by atoms with E-state index in [0.717, 1.165) is 16.7 Å². The molecule has 0 saturated carbocycles. The molecule has 0 aliphatic rings. The van der Waals surface area contributed by atoms with Gasteiger partial charge in [0.25, 0.3) is 0 Å². The van der Waals surface area contributed by atoms with Gasteiger partial charge in [-0.1, -0.05) is 60.7 Å². The molecule has 0 radical (unpaired) electrons. The first kappa shape index (κ1) is 16.1. The van der Waals surface area contributed by atoms with E-state index in [4.69, 9.17) is 4.74 Å². The molecule has 3 aromatic heterocycles. The molecule has 0 unspecified atom stereocenters. The van der Waals surface area contributed by atoms with Crippen LogP contribution in [-0.4, -0.2) is 24.8 Å². The van der Waals surface area contributed by atoms with Gasteiger partial charge in [-0.3, -0.25) is 4.98 Å². The lowest BCUT2D eigenvalue weighted by molar-refractivity contribution is 0.451. The summed E-state index contributed by atoms with van der Waals surface area (Å²) in [6.07, 6.45) is 3.48. The Hall–Kier alpha value is -4.06. The Morgan fingerprint density at radius 2 is 1.43 bits per heavy atom. The van der Waals surface area contributed by atoms with Gasteiger partial charge >= 0.3 is 0 Å². The highest BCUT2D eigenvalue weighted by Gasteiger charge is 2.11. The van der Waals surface area contributed by atoms with Crippen LogP contribution in [-0.2, 0) is 0 Å². The van der Waals surface area contributed by atoms with Crippen LogP contribution < -0.4 is 4.74 Å². The van der Waals surface area contributed by atoms with Crippen LogP contribution >= 0.6 is 0 Å². The van der Waals surface area contributed by atoms with E-state index >= 15 is 0 Å². The van der Waals surface area contributed by atoms with Crippen molar-refractivity contribution >= 4 is 5.65 Å². The maximum atomic E-state index is 5.96. The normalized spacial score (nSPS) is 10.9. The van der Waals surface area contributed by atoms with E-state index in [0.29, 0.717) is 23.1 Å². The number of hydrogen-bond donors (Lipinski definition) is 0. The second-order valence-corrected chi connectivity index (χ2v) is 6.21. The van der Waals surface area contributed by atoms with Crippen molar-refractivity contribution in [2.75, 3.05) is 0 Å². The zero-order valence-electron chi connectivity index (χ0n) is 14.8. The quantitative estimate of drug-likeness (QED) is 0.464. The molecule has 0 fully saturated rings. The van der Waals surface area contributed by atoms with Crippen molar-refractivity contribution in [3.05, 3.63) is 91.3 Å². The van der Waals surface area contributed by atoms with Crippen molar-refractivity contribution in [1.82, 2.24) is 24.8 Å². The molecule has 28 heavy (non-hydrogen) atoms. The van der Waals surface area contributed by atoms with Crippen LogP contribution in [0.25, 0.3) is 28.2 Å². The standard InChI is InChI=1S/C22H15N5O/c1-3-7-16(8-4-1)18-13-19(15-23-14-18)28-21-12-11-20-24-25-22(27(20)26-21)17-9-5-2-6-10-17/h1-15H. The summed E-state index contributed by atoms with van der Waals surface area (Å²) in [5, 5.41) is 13.0. The van der Waals surface area contributed by atoms with Crippen molar-refractivity contribution in [2.24, 2.45) is 0 Å². The van der Waals surface area contributed by atoms with Crippen molar-refractivity contribution in [1.29, 1.82) is 0 Å². The van der Waals surface area contributed by atoms with Crippen molar-refractivity contribution in [3.63, 3.8) is 0 Å². The Morgan fingerprint density at radius 3 is 2.21 bits per heavy atom. The van der Waals surface area contributed by atoms with Gasteiger partial charge in [0.15, 0.2) is 11.5 Å². The molecule has 5 rings (SSSR count). The van der Waals surface area contributed by atoms with Crippen LogP contribution in [0.5, 0.6) is 11.6 Å². The molecule has 0 atom stereocenters. The van der Waals surface area contributed by atoms with Crippen LogP contribution in [0.15, 0.2) is 91.3 Å². The van der Waals surface area contributed by atoms with Gasteiger partial charge in [0.2, 0.25) is 5.88 Å². The Labute approximate surface area is 161 Å². The molecule has 134 valence electrons. The molecule has 6 nitrogen and oxygen atoms in total. The number of rotatable bonds is 4. The van der Waals surface area contributed by atoms with E-state index in [1.807, 2.05) is 79.0 Å². The van der Waals surface area contributed by atoms with Crippen LogP contribution in [0.1, 0.15) is 0 Å². The topological polar surface area (TPSA) is 65.2 Å². The van der Waals surface area contributed by atoms with Crippen molar-refractivity contribution in [2.45, 2.75) is 0 Å². The summed E-state index contributed by atoms with van der Waals surface area (Å²) in [5.41, 5.74) is 3.65. The van der Waals surface area contributed by atoms with E-state index in [1.165, 1.54) is 0 Å². The van der Waals surface area contributed by atoms with E-state index in [9.17, 15) is 0 Å². The summed E-state index contributed by atoms with van der Waals surface area (Å²) >= 11 is 0. The number of ether oxygens (including phenoxy) is 1. The van der Waals surface area contributed by atoms with Crippen molar-refractivity contribution < 1.29 is 4.74 Å². The average molecular weight is 365 g/mol. The largest absolute Gasteiger partial charge is 0.436 e. The summed E-state index contributed by atoms with van der Waals surface area (Å²) in [6, 6.07) is 25.4. The number of pyridine rings is 1. The van der Waals surface area contributed by atoms with E-state index in [-0.39, 0.29) is 0 Å². The molecule has 2 aromatic carbocycles. The molecule has 0 amide bonds. The SMILES string of the molecule is c1ccc(-c2cncc(Oc3ccc4nnc(-c5ccccc5)n4n3)c2)cc1. The number of fused-ring (bicyclic) bond motifs is 1.